The van der Waals surface area contributed by atoms with Crippen LogP contribution in [0.2, 0.25) is 0 Å². The van der Waals surface area contributed by atoms with Gasteiger partial charge in [-0.3, -0.25) is 9.59 Å². The second-order valence-corrected chi connectivity index (χ2v) is 4.49. The molecule has 1 aromatic heterocycles. The molecule has 0 N–H and O–H groups in total. The first-order valence-corrected chi connectivity index (χ1v) is 6.40. The Hall–Kier alpha value is -2.04. The zero-order valence-corrected chi connectivity index (χ0v) is 11.6. The summed E-state index contributed by atoms with van der Waals surface area (Å²) in [5.41, 5.74) is 2.13. The molecule has 0 amide bonds. The molecule has 5 heteroatoms. The van der Waals surface area contributed by atoms with Gasteiger partial charge in [0, 0.05) is 19.2 Å². The van der Waals surface area contributed by atoms with E-state index in [2.05, 4.69) is 9.97 Å². The van der Waals surface area contributed by atoms with Crippen molar-refractivity contribution in [2.75, 3.05) is 13.1 Å². The third-order valence-electron chi connectivity index (χ3n) is 3.36. The van der Waals surface area contributed by atoms with Crippen LogP contribution in [-0.2, 0) is 0 Å². The quantitative estimate of drug-likeness (QED) is 0.826. The molecule has 0 atom stereocenters. The molecule has 0 fully saturated rings. The van der Waals surface area contributed by atoms with Crippen molar-refractivity contribution in [3.8, 4) is 0 Å². The SMILES string of the molecule is CCN(CC)C1=CC(=O)c2nc(C)c(C)nc2C1=O. The summed E-state index contributed by atoms with van der Waals surface area (Å²) in [7, 11) is 0. The van der Waals surface area contributed by atoms with Crippen LogP contribution in [-0.4, -0.2) is 39.5 Å². The lowest BCUT2D eigenvalue weighted by Crippen LogP contribution is -2.32. The largest absolute Gasteiger partial charge is 0.369 e. The second kappa shape index (κ2) is 4.91. The van der Waals surface area contributed by atoms with Gasteiger partial charge in [0.15, 0.2) is 0 Å². The van der Waals surface area contributed by atoms with Gasteiger partial charge in [-0.1, -0.05) is 0 Å². The highest BCUT2D eigenvalue weighted by molar-refractivity contribution is 6.22. The number of aromatic nitrogens is 2. The van der Waals surface area contributed by atoms with Crippen molar-refractivity contribution in [3.05, 3.63) is 34.5 Å². The van der Waals surface area contributed by atoms with Crippen LogP contribution in [0.15, 0.2) is 11.8 Å². The van der Waals surface area contributed by atoms with Crippen LogP contribution in [0.5, 0.6) is 0 Å². The first kappa shape index (κ1) is 13.4. The zero-order chi connectivity index (χ0) is 14.2. The summed E-state index contributed by atoms with van der Waals surface area (Å²) in [4.78, 5) is 34.8. The molecule has 0 bridgehead atoms. The Bertz CT molecular complexity index is 587. The standard InChI is InChI=1S/C14H17N3O2/c1-5-17(6-2)10-7-11(18)12-13(14(10)19)16-9(4)8(3)15-12/h7H,5-6H2,1-4H3. The van der Waals surface area contributed by atoms with E-state index in [1.807, 2.05) is 18.7 Å². The summed E-state index contributed by atoms with van der Waals surface area (Å²) in [6.45, 7) is 8.82. The van der Waals surface area contributed by atoms with Crippen LogP contribution >= 0.6 is 0 Å². The van der Waals surface area contributed by atoms with Gasteiger partial charge in [-0.05, 0) is 27.7 Å². The lowest BCUT2D eigenvalue weighted by Gasteiger charge is -2.25. The highest BCUT2D eigenvalue weighted by Gasteiger charge is 2.31. The van der Waals surface area contributed by atoms with Crippen LogP contribution in [0.3, 0.4) is 0 Å². The van der Waals surface area contributed by atoms with Gasteiger partial charge in [-0.2, -0.15) is 0 Å². The number of hydrogen-bond donors (Lipinski definition) is 0. The topological polar surface area (TPSA) is 63.2 Å². The Labute approximate surface area is 112 Å². The van der Waals surface area contributed by atoms with Crippen LogP contribution in [0.4, 0.5) is 0 Å². The average Bonchev–Trinajstić information content (AvgIpc) is 2.39. The summed E-state index contributed by atoms with van der Waals surface area (Å²) in [5, 5.41) is 0. The van der Waals surface area contributed by atoms with Crippen LogP contribution in [0.1, 0.15) is 46.2 Å². The smallest absolute Gasteiger partial charge is 0.229 e. The van der Waals surface area contributed by atoms with Crippen molar-refractivity contribution in [2.24, 2.45) is 0 Å². The number of nitrogens with zero attached hydrogens (tertiary/aromatic N) is 3. The van der Waals surface area contributed by atoms with E-state index in [1.54, 1.807) is 13.8 Å². The molecule has 0 aliphatic heterocycles. The third kappa shape index (κ3) is 2.16. The highest BCUT2D eigenvalue weighted by atomic mass is 16.1. The average molecular weight is 259 g/mol. The van der Waals surface area contributed by atoms with Crippen LogP contribution in [0, 0.1) is 13.8 Å². The lowest BCUT2D eigenvalue weighted by molar-refractivity contribution is 0.0945. The van der Waals surface area contributed by atoms with Gasteiger partial charge >= 0.3 is 0 Å². The van der Waals surface area contributed by atoms with E-state index in [0.29, 0.717) is 30.2 Å². The predicted octanol–water partition coefficient (Wildman–Crippen LogP) is 1.70. The number of Topliss-reactive ketones (excluding diaryl/α,β-unsaturated/α-hetero) is 1. The first-order valence-electron chi connectivity index (χ1n) is 6.40. The molecular formula is C14H17N3O2. The molecule has 0 unspecified atom stereocenters. The van der Waals surface area contributed by atoms with E-state index in [-0.39, 0.29) is 23.0 Å². The van der Waals surface area contributed by atoms with Gasteiger partial charge in [0.1, 0.15) is 11.4 Å². The van der Waals surface area contributed by atoms with Gasteiger partial charge in [0.05, 0.1) is 17.1 Å². The van der Waals surface area contributed by atoms with E-state index in [0.717, 1.165) is 0 Å². The number of likely N-dealkylation sites (N-methyl/N-ethyl adjacent to an activating group) is 1. The zero-order valence-electron chi connectivity index (χ0n) is 11.6. The number of fused-ring (bicyclic) bond motifs is 1. The van der Waals surface area contributed by atoms with Crippen molar-refractivity contribution >= 4 is 11.6 Å². The fraction of sp³-hybridized carbons (Fsp3) is 0.429. The van der Waals surface area contributed by atoms with Crippen LogP contribution < -0.4 is 0 Å². The molecular weight excluding hydrogens is 242 g/mol. The van der Waals surface area contributed by atoms with Crippen molar-refractivity contribution in [1.82, 2.24) is 14.9 Å². The third-order valence-corrected chi connectivity index (χ3v) is 3.36. The van der Waals surface area contributed by atoms with Crippen molar-refractivity contribution in [3.63, 3.8) is 0 Å². The maximum Gasteiger partial charge on any atom is 0.229 e. The summed E-state index contributed by atoms with van der Waals surface area (Å²) in [5.74, 6) is -0.457. The first-order chi connectivity index (χ1) is 8.99. The molecule has 2 rings (SSSR count). The summed E-state index contributed by atoms with van der Waals surface area (Å²) in [6, 6.07) is 0. The number of carbonyl (C=O) groups excluding carboxylic acids is 2. The van der Waals surface area contributed by atoms with Gasteiger partial charge < -0.3 is 4.90 Å². The number of hydrogen-bond acceptors (Lipinski definition) is 5. The summed E-state index contributed by atoms with van der Waals surface area (Å²) >= 11 is 0. The molecule has 1 aliphatic carbocycles. The maximum absolute atomic E-state index is 12.4. The minimum absolute atomic E-state index is 0.170. The molecule has 19 heavy (non-hydrogen) atoms. The van der Waals surface area contributed by atoms with Gasteiger partial charge in [0.25, 0.3) is 0 Å². The molecule has 0 saturated heterocycles. The molecule has 0 saturated carbocycles. The highest BCUT2D eigenvalue weighted by Crippen LogP contribution is 2.21. The van der Waals surface area contributed by atoms with E-state index in [9.17, 15) is 9.59 Å². The Morgan fingerprint density at radius 2 is 1.53 bits per heavy atom. The van der Waals surface area contributed by atoms with E-state index in [4.69, 9.17) is 0 Å². The Kier molecular flexibility index (Phi) is 3.46. The monoisotopic (exact) mass is 259 g/mol. The molecule has 0 spiro atoms. The molecule has 1 aliphatic rings. The lowest BCUT2D eigenvalue weighted by atomic mass is 10.00. The van der Waals surface area contributed by atoms with Gasteiger partial charge in [-0.15, -0.1) is 0 Å². The fourth-order valence-corrected chi connectivity index (χ4v) is 2.11. The van der Waals surface area contributed by atoms with Crippen molar-refractivity contribution < 1.29 is 9.59 Å². The number of rotatable bonds is 3. The molecule has 5 nitrogen and oxygen atoms in total. The Morgan fingerprint density at radius 1 is 1.00 bits per heavy atom. The maximum atomic E-state index is 12.4. The number of allylic oxidation sites excluding steroid dienone is 2. The normalized spacial score (nSPS) is 14.2. The van der Waals surface area contributed by atoms with E-state index >= 15 is 0 Å². The molecule has 100 valence electrons. The molecule has 1 heterocycles. The number of carbonyl (C=O) groups is 2. The van der Waals surface area contributed by atoms with Gasteiger partial charge in [-0.25, -0.2) is 9.97 Å². The summed E-state index contributed by atoms with van der Waals surface area (Å²) in [6.07, 6.45) is 1.38. The van der Waals surface area contributed by atoms with Crippen molar-refractivity contribution in [1.29, 1.82) is 0 Å². The fourth-order valence-electron chi connectivity index (χ4n) is 2.11. The second-order valence-electron chi connectivity index (χ2n) is 4.49. The Balaban J connectivity index is 2.55. The Morgan fingerprint density at radius 3 is 2.05 bits per heavy atom. The van der Waals surface area contributed by atoms with Crippen molar-refractivity contribution in [2.45, 2.75) is 27.7 Å². The molecule has 0 aromatic carbocycles. The van der Waals surface area contributed by atoms with Gasteiger partial charge in [0.2, 0.25) is 11.6 Å². The predicted molar refractivity (Wildman–Crippen MR) is 71.2 cm³/mol. The van der Waals surface area contributed by atoms with E-state index in [1.165, 1.54) is 6.08 Å². The number of aryl methyl sites for hydroxylation is 2. The molecule has 0 radical (unpaired) electrons. The number of ketones is 2. The van der Waals surface area contributed by atoms with E-state index < -0.39 is 0 Å². The minimum Gasteiger partial charge on any atom is -0.369 e. The van der Waals surface area contributed by atoms with Crippen LogP contribution in [0.25, 0.3) is 0 Å². The molecule has 1 aromatic rings. The minimum atomic E-state index is -0.243. The summed E-state index contributed by atoms with van der Waals surface area (Å²) < 4.78 is 0.